The molecule has 1 amide bonds. The summed E-state index contributed by atoms with van der Waals surface area (Å²) in [5.74, 6) is 0.183. The lowest BCUT2D eigenvalue weighted by Crippen LogP contribution is -2.39. The Hall–Kier alpha value is -2.60. The second kappa shape index (κ2) is 5.70. The van der Waals surface area contributed by atoms with Gasteiger partial charge < -0.3 is 15.0 Å². The fourth-order valence-corrected chi connectivity index (χ4v) is 5.80. The van der Waals surface area contributed by atoms with Crippen molar-refractivity contribution < 1.29 is 9.90 Å². The number of nitrogens with zero attached hydrogens (tertiary/aromatic N) is 2. The Labute approximate surface area is 162 Å². The normalized spacial score (nSPS) is 19.9. The minimum atomic E-state index is -0.390. The summed E-state index contributed by atoms with van der Waals surface area (Å²) in [6.07, 6.45) is 9.13. The van der Waals surface area contributed by atoms with Gasteiger partial charge in [-0.3, -0.25) is 9.89 Å². The molecule has 0 saturated heterocycles. The predicted octanol–water partition coefficient (Wildman–Crippen LogP) is 3.20. The summed E-state index contributed by atoms with van der Waals surface area (Å²) >= 11 is 0. The maximum Gasteiger partial charge on any atom is 0.237 e. The first-order valence-corrected chi connectivity index (χ1v) is 10.4. The highest BCUT2D eigenvalue weighted by Gasteiger charge is 2.52. The van der Waals surface area contributed by atoms with Crippen molar-refractivity contribution in [2.24, 2.45) is 0 Å². The van der Waals surface area contributed by atoms with Crippen LogP contribution < -0.4 is 4.90 Å². The number of aliphatic hydroxyl groups is 1. The molecular weight excluding hydrogens is 352 g/mol. The van der Waals surface area contributed by atoms with Gasteiger partial charge in [0.2, 0.25) is 5.91 Å². The van der Waals surface area contributed by atoms with Crippen molar-refractivity contribution in [1.29, 1.82) is 0 Å². The largest absolute Gasteiger partial charge is 0.395 e. The molecule has 6 nitrogen and oxygen atoms in total. The summed E-state index contributed by atoms with van der Waals surface area (Å²) in [6, 6.07) is 4.41. The maximum absolute atomic E-state index is 13.3. The molecule has 2 aliphatic carbocycles. The average Bonchev–Trinajstić information content (AvgIpc) is 3.45. The molecule has 0 bridgehead atoms. The quantitative estimate of drug-likeness (QED) is 0.642. The van der Waals surface area contributed by atoms with Gasteiger partial charge >= 0.3 is 0 Å². The summed E-state index contributed by atoms with van der Waals surface area (Å²) in [6.45, 7) is 0.358. The van der Waals surface area contributed by atoms with Gasteiger partial charge in [0.05, 0.1) is 17.7 Å². The van der Waals surface area contributed by atoms with Gasteiger partial charge in [-0.25, -0.2) is 0 Å². The van der Waals surface area contributed by atoms with Gasteiger partial charge in [-0.05, 0) is 60.9 Å². The van der Waals surface area contributed by atoms with Crippen molar-refractivity contribution in [2.45, 2.75) is 50.4 Å². The van der Waals surface area contributed by atoms with Crippen molar-refractivity contribution in [3.8, 4) is 11.4 Å². The summed E-state index contributed by atoms with van der Waals surface area (Å²) < 4.78 is 0. The third-order valence-electron chi connectivity index (χ3n) is 7.09. The van der Waals surface area contributed by atoms with Gasteiger partial charge in [0, 0.05) is 29.3 Å². The number of rotatable bonds is 2. The van der Waals surface area contributed by atoms with E-state index in [2.05, 4.69) is 27.3 Å². The van der Waals surface area contributed by atoms with Crippen molar-refractivity contribution in [3.63, 3.8) is 0 Å². The Morgan fingerprint density at radius 1 is 1.18 bits per heavy atom. The number of aliphatic hydroxyl groups excluding tert-OH is 1. The summed E-state index contributed by atoms with van der Waals surface area (Å²) in [7, 11) is 0. The number of benzene rings is 1. The number of aromatic amines is 2. The van der Waals surface area contributed by atoms with E-state index in [-0.39, 0.29) is 12.5 Å². The van der Waals surface area contributed by atoms with E-state index in [4.69, 9.17) is 0 Å². The third kappa shape index (κ3) is 1.96. The number of aromatic nitrogens is 3. The number of amides is 1. The first kappa shape index (κ1) is 16.4. The van der Waals surface area contributed by atoms with Crippen LogP contribution in [0.3, 0.4) is 0 Å². The molecule has 6 rings (SSSR count). The highest BCUT2D eigenvalue weighted by atomic mass is 16.3. The number of carbonyl (C=O) groups is 1. The molecule has 0 radical (unpaired) electrons. The fourth-order valence-electron chi connectivity index (χ4n) is 5.80. The average molecular weight is 376 g/mol. The summed E-state index contributed by atoms with van der Waals surface area (Å²) in [5.41, 5.74) is 7.57. The molecule has 2 aromatic heterocycles. The summed E-state index contributed by atoms with van der Waals surface area (Å²) in [5, 5.41) is 18.3. The molecular formula is C22H24N4O2. The molecule has 0 atom stereocenters. The van der Waals surface area contributed by atoms with Crippen molar-refractivity contribution in [3.05, 3.63) is 35.0 Å². The second-order valence-electron chi connectivity index (χ2n) is 8.48. The van der Waals surface area contributed by atoms with E-state index in [0.717, 1.165) is 73.1 Å². The Morgan fingerprint density at radius 3 is 2.86 bits per heavy atom. The number of anilines is 1. The molecule has 0 unspecified atom stereocenters. The number of aryl methyl sites for hydroxylation is 2. The van der Waals surface area contributed by atoms with Crippen LogP contribution in [-0.2, 0) is 23.1 Å². The van der Waals surface area contributed by atoms with Crippen molar-refractivity contribution >= 4 is 22.5 Å². The molecule has 3 N–H and O–H groups in total. The molecule has 144 valence electrons. The zero-order chi connectivity index (χ0) is 18.9. The fraction of sp³-hybridized carbons (Fsp3) is 0.455. The van der Waals surface area contributed by atoms with Crippen molar-refractivity contribution in [2.75, 3.05) is 18.1 Å². The zero-order valence-corrected chi connectivity index (χ0v) is 15.8. The SMILES string of the molecule is O=C1N(CCO)c2cc3c4c([nH]c3cc2C12CCCC2)-c1n[nH]cc1CCC4. The van der Waals surface area contributed by atoms with Crippen LogP contribution >= 0.6 is 0 Å². The van der Waals surface area contributed by atoms with Crippen LogP contribution in [0.1, 0.15) is 48.8 Å². The van der Waals surface area contributed by atoms with E-state index in [0.29, 0.717) is 6.54 Å². The molecule has 1 aromatic carbocycles. The van der Waals surface area contributed by atoms with Gasteiger partial charge in [0.15, 0.2) is 0 Å². The molecule has 28 heavy (non-hydrogen) atoms. The first-order chi connectivity index (χ1) is 13.7. The molecule has 1 aliphatic heterocycles. The van der Waals surface area contributed by atoms with Crippen LogP contribution in [0, 0.1) is 0 Å². The standard InChI is InChI=1S/C22H24N4O2/c27-9-8-26-18-10-15-14-5-3-4-13-12-23-25-19(13)20(14)24-17(15)11-16(18)22(21(26)28)6-1-2-7-22/h10-12,24,27H,1-9H2,(H,23,25). The van der Waals surface area contributed by atoms with Crippen LogP contribution in [0.15, 0.2) is 18.3 Å². The number of hydrogen-bond acceptors (Lipinski definition) is 3. The maximum atomic E-state index is 13.3. The van der Waals surface area contributed by atoms with E-state index in [1.807, 2.05) is 11.1 Å². The van der Waals surface area contributed by atoms with Gasteiger partial charge in [-0.15, -0.1) is 0 Å². The minimum Gasteiger partial charge on any atom is -0.395 e. The topological polar surface area (TPSA) is 85.0 Å². The van der Waals surface area contributed by atoms with E-state index >= 15 is 0 Å². The summed E-state index contributed by atoms with van der Waals surface area (Å²) in [4.78, 5) is 18.8. The lowest BCUT2D eigenvalue weighted by Gasteiger charge is -2.23. The Kier molecular flexibility index (Phi) is 3.33. The molecule has 1 fully saturated rings. The smallest absolute Gasteiger partial charge is 0.237 e. The number of carbonyl (C=O) groups excluding carboxylic acids is 1. The highest BCUT2D eigenvalue weighted by molar-refractivity contribution is 6.11. The number of fused-ring (bicyclic) bond motifs is 7. The lowest BCUT2D eigenvalue weighted by atomic mass is 9.80. The zero-order valence-electron chi connectivity index (χ0n) is 15.8. The number of nitrogens with one attached hydrogen (secondary N) is 2. The van der Waals surface area contributed by atoms with Crippen LogP contribution in [0.25, 0.3) is 22.3 Å². The third-order valence-corrected chi connectivity index (χ3v) is 7.09. The van der Waals surface area contributed by atoms with E-state index in [1.165, 1.54) is 16.5 Å². The predicted molar refractivity (Wildman–Crippen MR) is 107 cm³/mol. The molecule has 1 spiro atoms. The van der Waals surface area contributed by atoms with E-state index in [1.54, 1.807) is 0 Å². The van der Waals surface area contributed by atoms with Crippen LogP contribution in [-0.4, -0.2) is 39.3 Å². The molecule has 3 aliphatic rings. The molecule has 1 saturated carbocycles. The number of β-amino-alcohol motifs (C(OH)–C–C–N with tert-alkyl or cyclic N) is 1. The lowest BCUT2D eigenvalue weighted by molar-refractivity contribution is -0.123. The highest BCUT2D eigenvalue weighted by Crippen LogP contribution is 2.53. The van der Waals surface area contributed by atoms with E-state index < -0.39 is 5.41 Å². The second-order valence-corrected chi connectivity index (χ2v) is 8.48. The number of hydrogen-bond donors (Lipinski definition) is 3. The van der Waals surface area contributed by atoms with Crippen LogP contribution in [0.4, 0.5) is 5.69 Å². The Bertz CT molecular complexity index is 1100. The van der Waals surface area contributed by atoms with Crippen molar-refractivity contribution in [1.82, 2.24) is 15.2 Å². The first-order valence-electron chi connectivity index (χ1n) is 10.4. The van der Waals surface area contributed by atoms with Gasteiger partial charge in [-0.1, -0.05) is 12.8 Å². The molecule has 3 aromatic rings. The van der Waals surface area contributed by atoms with Gasteiger partial charge in [-0.2, -0.15) is 5.10 Å². The Balaban J connectivity index is 1.61. The van der Waals surface area contributed by atoms with Crippen LogP contribution in [0.5, 0.6) is 0 Å². The minimum absolute atomic E-state index is 0.0127. The monoisotopic (exact) mass is 376 g/mol. The molecule has 6 heteroatoms. The Morgan fingerprint density at radius 2 is 2.04 bits per heavy atom. The molecule has 3 heterocycles. The van der Waals surface area contributed by atoms with E-state index in [9.17, 15) is 9.90 Å². The van der Waals surface area contributed by atoms with Gasteiger partial charge in [0.25, 0.3) is 0 Å². The number of H-pyrrole nitrogens is 2. The van der Waals surface area contributed by atoms with Gasteiger partial charge in [0.1, 0.15) is 5.69 Å². The van der Waals surface area contributed by atoms with Crippen LogP contribution in [0.2, 0.25) is 0 Å².